The maximum atomic E-state index is 12.7. The molecular formula is C20H32N6O2. The molecule has 2 amide bonds. The van der Waals surface area contributed by atoms with Crippen LogP contribution in [0.15, 0.2) is 17.1 Å². The summed E-state index contributed by atoms with van der Waals surface area (Å²) in [5, 5.41) is 6.63. The molecule has 2 N–H and O–H groups in total. The van der Waals surface area contributed by atoms with Gasteiger partial charge in [0.1, 0.15) is 0 Å². The highest BCUT2D eigenvalue weighted by molar-refractivity contribution is 6.06. The lowest BCUT2D eigenvalue weighted by Gasteiger charge is -2.37. The van der Waals surface area contributed by atoms with Crippen molar-refractivity contribution < 1.29 is 9.59 Å². The van der Waals surface area contributed by atoms with Gasteiger partial charge in [-0.1, -0.05) is 12.2 Å². The first-order valence-electron chi connectivity index (χ1n) is 10.4. The fourth-order valence-corrected chi connectivity index (χ4v) is 5.23. The van der Waals surface area contributed by atoms with Crippen LogP contribution in [0.2, 0.25) is 0 Å². The van der Waals surface area contributed by atoms with Gasteiger partial charge in [0.2, 0.25) is 11.8 Å². The predicted octanol–water partition coefficient (Wildman–Crippen LogP) is -0.796. The topological polar surface area (TPSA) is 80.3 Å². The zero-order valence-electron chi connectivity index (χ0n) is 17.1. The minimum absolute atomic E-state index is 0.0171. The number of likely N-dealkylation sites (tertiary alicyclic amines) is 1. The zero-order valence-corrected chi connectivity index (χ0v) is 17.1. The van der Waals surface area contributed by atoms with Crippen LogP contribution >= 0.6 is 0 Å². The van der Waals surface area contributed by atoms with Crippen LogP contribution < -0.4 is 10.6 Å². The normalized spacial score (nSPS) is 35.8. The van der Waals surface area contributed by atoms with Gasteiger partial charge in [0.15, 0.2) is 5.96 Å². The molecule has 2 bridgehead atoms. The molecule has 5 atom stereocenters. The molecule has 2 aliphatic carbocycles. The van der Waals surface area contributed by atoms with Gasteiger partial charge >= 0.3 is 0 Å². The monoisotopic (exact) mass is 388 g/mol. The van der Waals surface area contributed by atoms with Crippen molar-refractivity contribution in [1.29, 1.82) is 0 Å². The molecule has 3 fully saturated rings. The molecule has 2 heterocycles. The van der Waals surface area contributed by atoms with E-state index in [0.717, 1.165) is 32.6 Å². The largest absolute Gasteiger partial charge is 0.355 e. The van der Waals surface area contributed by atoms with E-state index in [2.05, 4.69) is 51.7 Å². The van der Waals surface area contributed by atoms with Crippen molar-refractivity contribution in [2.75, 3.05) is 60.4 Å². The minimum atomic E-state index is -0.112. The van der Waals surface area contributed by atoms with E-state index in [1.165, 1.54) is 4.90 Å². The molecule has 1 saturated carbocycles. The molecule has 2 saturated heterocycles. The van der Waals surface area contributed by atoms with Gasteiger partial charge in [-0.25, -0.2) is 0 Å². The molecule has 8 nitrogen and oxygen atoms in total. The molecule has 8 heteroatoms. The summed E-state index contributed by atoms with van der Waals surface area (Å²) in [7, 11) is 6.04. The Kier molecular flexibility index (Phi) is 5.42. The number of amides is 2. The Bertz CT molecular complexity index is 662. The standard InChI is InChI=1S/C20H32N6O2/c1-21-20(23-11-15-12-24(2)8-9-25(15)3)22-6-7-26-18(27)16-13-4-5-14(10-13)17(16)19(26)28/h4-5,13-17H,6-12H2,1-3H3,(H2,21,22,23). The van der Waals surface area contributed by atoms with E-state index in [9.17, 15) is 9.59 Å². The van der Waals surface area contributed by atoms with E-state index in [1.54, 1.807) is 7.05 Å². The summed E-state index contributed by atoms with van der Waals surface area (Å²) in [5.41, 5.74) is 0. The van der Waals surface area contributed by atoms with Crippen molar-refractivity contribution in [3.8, 4) is 0 Å². The summed E-state index contributed by atoms with van der Waals surface area (Å²) in [6, 6.07) is 0.432. The van der Waals surface area contributed by atoms with Gasteiger partial charge in [0.05, 0.1) is 11.8 Å². The summed E-state index contributed by atoms with van der Waals surface area (Å²) >= 11 is 0. The number of allylic oxidation sites excluding steroid dienone is 2. The van der Waals surface area contributed by atoms with Gasteiger partial charge in [-0.2, -0.15) is 0 Å². The number of carbonyl (C=O) groups excluding carboxylic acids is 2. The average Bonchev–Trinajstić information content (AvgIpc) is 3.36. The first-order valence-corrected chi connectivity index (χ1v) is 10.4. The van der Waals surface area contributed by atoms with Gasteiger partial charge in [0.25, 0.3) is 0 Å². The first kappa shape index (κ1) is 19.4. The lowest BCUT2D eigenvalue weighted by atomic mass is 9.85. The number of rotatable bonds is 5. The van der Waals surface area contributed by atoms with Crippen LogP contribution in [0.4, 0.5) is 0 Å². The Labute approximate surface area is 167 Å². The van der Waals surface area contributed by atoms with Crippen molar-refractivity contribution >= 4 is 17.8 Å². The molecular weight excluding hydrogens is 356 g/mol. The van der Waals surface area contributed by atoms with Crippen molar-refractivity contribution in [2.24, 2.45) is 28.7 Å². The van der Waals surface area contributed by atoms with Gasteiger partial charge < -0.3 is 15.5 Å². The number of hydrogen-bond donors (Lipinski definition) is 2. The lowest BCUT2D eigenvalue weighted by Crippen LogP contribution is -2.55. The number of nitrogens with one attached hydrogen (secondary N) is 2. The van der Waals surface area contributed by atoms with Gasteiger partial charge in [-0.05, 0) is 32.4 Å². The third-order valence-corrected chi connectivity index (χ3v) is 6.90. The summed E-state index contributed by atoms with van der Waals surface area (Å²) in [6.45, 7) is 4.90. The van der Waals surface area contributed by atoms with E-state index < -0.39 is 0 Å². The molecule has 4 aliphatic rings. The summed E-state index contributed by atoms with van der Waals surface area (Å²) < 4.78 is 0. The Hall–Kier alpha value is -1.93. The summed E-state index contributed by atoms with van der Waals surface area (Å²) in [4.78, 5) is 35.9. The molecule has 5 unspecified atom stereocenters. The number of aliphatic imine (C=N–C) groups is 1. The van der Waals surface area contributed by atoms with Gasteiger partial charge in [-0.3, -0.25) is 24.4 Å². The number of nitrogens with zero attached hydrogens (tertiary/aromatic N) is 4. The highest BCUT2D eigenvalue weighted by Gasteiger charge is 2.58. The van der Waals surface area contributed by atoms with E-state index in [-0.39, 0.29) is 35.5 Å². The molecule has 4 rings (SSSR count). The van der Waals surface area contributed by atoms with Crippen LogP contribution in [0.25, 0.3) is 0 Å². The minimum Gasteiger partial charge on any atom is -0.355 e. The van der Waals surface area contributed by atoms with Crippen LogP contribution in [-0.2, 0) is 9.59 Å². The van der Waals surface area contributed by atoms with E-state index >= 15 is 0 Å². The average molecular weight is 389 g/mol. The zero-order chi connectivity index (χ0) is 19.8. The molecule has 0 aromatic carbocycles. The van der Waals surface area contributed by atoms with Gasteiger partial charge in [-0.15, -0.1) is 0 Å². The van der Waals surface area contributed by atoms with Crippen LogP contribution in [-0.4, -0.2) is 98.9 Å². The molecule has 0 radical (unpaired) electrons. The maximum Gasteiger partial charge on any atom is 0.233 e. The number of fused-ring (bicyclic) bond motifs is 5. The molecule has 2 aliphatic heterocycles. The second-order valence-corrected chi connectivity index (χ2v) is 8.60. The van der Waals surface area contributed by atoms with Gasteiger partial charge in [0, 0.05) is 52.4 Å². The quantitative estimate of drug-likeness (QED) is 0.278. The highest BCUT2D eigenvalue weighted by atomic mass is 16.2. The van der Waals surface area contributed by atoms with E-state index in [0.29, 0.717) is 25.1 Å². The molecule has 0 aromatic heterocycles. The van der Waals surface area contributed by atoms with Crippen molar-refractivity contribution in [1.82, 2.24) is 25.3 Å². The van der Waals surface area contributed by atoms with Crippen LogP contribution in [0.3, 0.4) is 0 Å². The number of guanidine groups is 1. The van der Waals surface area contributed by atoms with E-state index in [1.807, 2.05) is 0 Å². The third-order valence-electron chi connectivity index (χ3n) is 6.90. The predicted molar refractivity (Wildman–Crippen MR) is 108 cm³/mol. The Morgan fingerprint density at radius 1 is 1.11 bits per heavy atom. The summed E-state index contributed by atoms with van der Waals surface area (Å²) in [5.74, 6) is 1.06. The number of piperazine rings is 1. The number of likely N-dealkylation sites (N-methyl/N-ethyl adjacent to an activating group) is 2. The molecule has 28 heavy (non-hydrogen) atoms. The van der Waals surface area contributed by atoms with E-state index in [4.69, 9.17) is 0 Å². The van der Waals surface area contributed by atoms with Crippen molar-refractivity contribution in [3.05, 3.63) is 12.2 Å². The summed E-state index contributed by atoms with van der Waals surface area (Å²) in [6.07, 6.45) is 5.23. The Morgan fingerprint density at radius 3 is 2.43 bits per heavy atom. The third kappa shape index (κ3) is 3.43. The van der Waals surface area contributed by atoms with Crippen LogP contribution in [0, 0.1) is 23.7 Å². The highest BCUT2D eigenvalue weighted by Crippen LogP contribution is 2.52. The smallest absolute Gasteiger partial charge is 0.233 e. The second-order valence-electron chi connectivity index (χ2n) is 8.60. The first-order chi connectivity index (χ1) is 13.5. The fourth-order valence-electron chi connectivity index (χ4n) is 5.23. The lowest BCUT2D eigenvalue weighted by molar-refractivity contribution is -0.140. The number of hydrogen-bond acceptors (Lipinski definition) is 5. The maximum absolute atomic E-state index is 12.7. The molecule has 0 spiro atoms. The van der Waals surface area contributed by atoms with Crippen LogP contribution in [0.5, 0.6) is 0 Å². The number of carbonyl (C=O) groups is 2. The fraction of sp³-hybridized carbons (Fsp3) is 0.750. The second kappa shape index (κ2) is 7.83. The Balaban J connectivity index is 1.24. The van der Waals surface area contributed by atoms with Crippen molar-refractivity contribution in [2.45, 2.75) is 12.5 Å². The number of imide groups is 1. The Morgan fingerprint density at radius 2 is 1.79 bits per heavy atom. The SMILES string of the molecule is CN=C(NCCN1C(=O)C2C3C=CC(C3)C2C1=O)NCC1CN(C)CCN1C. The molecule has 0 aromatic rings. The van der Waals surface area contributed by atoms with Crippen molar-refractivity contribution in [3.63, 3.8) is 0 Å². The van der Waals surface area contributed by atoms with Crippen LogP contribution in [0.1, 0.15) is 6.42 Å². The molecule has 154 valence electrons.